The number of rotatable bonds is 5. The zero-order valence-electron chi connectivity index (χ0n) is 18.3. The van der Waals surface area contributed by atoms with Crippen LogP contribution in [-0.2, 0) is 0 Å². The van der Waals surface area contributed by atoms with Gasteiger partial charge in [-0.25, -0.2) is 0 Å². The van der Waals surface area contributed by atoms with Crippen LogP contribution in [0.15, 0.2) is 85.2 Å². The average molecular weight is 475 g/mol. The fraction of sp³-hybridized carbons (Fsp3) is 0.154. The number of thiocarbonyl (C=S) groups is 1. The first-order valence-electron chi connectivity index (χ1n) is 10.7. The third kappa shape index (κ3) is 3.86. The van der Waals surface area contributed by atoms with Gasteiger partial charge in [0.05, 0.1) is 24.5 Å². The minimum absolute atomic E-state index is 0.148. The van der Waals surface area contributed by atoms with Crippen LogP contribution in [0.4, 0.5) is 5.69 Å². The number of benzene rings is 2. The molecule has 5 nitrogen and oxygen atoms in total. The second-order valence-electron chi connectivity index (χ2n) is 7.90. The predicted octanol–water partition coefficient (Wildman–Crippen LogP) is 6.02. The number of anilines is 1. The fourth-order valence-corrected chi connectivity index (χ4v) is 4.85. The first-order valence-corrected chi connectivity index (χ1v) is 11.4. The minimum Gasteiger partial charge on any atom is -0.495 e. The van der Waals surface area contributed by atoms with E-state index in [0.717, 1.165) is 39.1 Å². The molecule has 1 fully saturated rings. The van der Waals surface area contributed by atoms with Crippen molar-refractivity contribution in [2.24, 2.45) is 0 Å². The summed E-state index contributed by atoms with van der Waals surface area (Å²) in [5, 5.41) is 4.89. The lowest BCUT2D eigenvalue weighted by atomic mass is 10.0. The molecular weight excluding hydrogens is 452 g/mol. The molecule has 5 rings (SSSR count). The Kier molecular flexibility index (Phi) is 5.79. The van der Waals surface area contributed by atoms with Gasteiger partial charge in [0, 0.05) is 28.8 Å². The van der Waals surface area contributed by atoms with Crippen LogP contribution in [0.1, 0.15) is 29.0 Å². The number of nitrogens with one attached hydrogen (secondary N) is 1. The number of aromatic nitrogens is 2. The van der Waals surface area contributed by atoms with E-state index in [9.17, 15) is 0 Å². The zero-order chi connectivity index (χ0) is 22.9. The first-order chi connectivity index (χ1) is 16.1. The summed E-state index contributed by atoms with van der Waals surface area (Å²) < 4.78 is 7.87. The highest BCUT2D eigenvalue weighted by Gasteiger charge is 2.43. The van der Waals surface area contributed by atoms with Crippen molar-refractivity contribution in [3.8, 4) is 11.4 Å². The van der Waals surface area contributed by atoms with Crippen LogP contribution < -0.4 is 15.0 Å². The Morgan fingerprint density at radius 1 is 1.03 bits per heavy atom. The van der Waals surface area contributed by atoms with Gasteiger partial charge in [-0.2, -0.15) is 0 Å². The highest BCUT2D eigenvalue weighted by atomic mass is 35.5. The summed E-state index contributed by atoms with van der Waals surface area (Å²) in [7, 11) is 1.68. The molecule has 1 aliphatic rings. The average Bonchev–Trinajstić information content (AvgIpc) is 3.45. The van der Waals surface area contributed by atoms with Crippen LogP contribution in [0.2, 0.25) is 5.02 Å². The number of hydrogen-bond donors (Lipinski definition) is 1. The molecule has 2 aromatic carbocycles. The van der Waals surface area contributed by atoms with Crippen LogP contribution in [-0.4, -0.2) is 21.8 Å². The van der Waals surface area contributed by atoms with Crippen LogP contribution in [0.3, 0.4) is 0 Å². The van der Waals surface area contributed by atoms with E-state index in [1.807, 2.05) is 67.7 Å². The van der Waals surface area contributed by atoms with Crippen molar-refractivity contribution in [2.45, 2.75) is 19.0 Å². The Balaban J connectivity index is 1.69. The van der Waals surface area contributed by atoms with E-state index in [2.05, 4.69) is 44.2 Å². The Morgan fingerprint density at radius 2 is 1.85 bits per heavy atom. The summed E-state index contributed by atoms with van der Waals surface area (Å²) in [6.45, 7) is 2.01. The van der Waals surface area contributed by atoms with Gasteiger partial charge in [0.25, 0.3) is 0 Å². The molecule has 0 radical (unpaired) electrons. The third-order valence-corrected chi connectivity index (χ3v) is 6.68. The number of methoxy groups -OCH3 is 1. The minimum atomic E-state index is -0.158. The first kappa shape index (κ1) is 21.5. The molecule has 0 spiro atoms. The Labute approximate surface area is 203 Å². The highest BCUT2D eigenvalue weighted by Crippen LogP contribution is 2.44. The number of ether oxygens (including phenoxy) is 1. The topological polar surface area (TPSA) is 42.3 Å². The summed E-state index contributed by atoms with van der Waals surface area (Å²) in [6.07, 6.45) is 3.87. The van der Waals surface area contributed by atoms with Gasteiger partial charge in [0.15, 0.2) is 5.11 Å². The molecule has 0 unspecified atom stereocenters. The van der Waals surface area contributed by atoms with Crippen LogP contribution >= 0.6 is 23.8 Å². The normalized spacial score (nSPS) is 17.8. The molecule has 2 atom stereocenters. The Morgan fingerprint density at radius 3 is 2.61 bits per heavy atom. The lowest BCUT2D eigenvalue weighted by Gasteiger charge is -2.30. The molecule has 0 bridgehead atoms. The van der Waals surface area contributed by atoms with Gasteiger partial charge >= 0.3 is 0 Å². The lowest BCUT2D eigenvalue weighted by molar-refractivity contribution is 0.414. The summed E-state index contributed by atoms with van der Waals surface area (Å²) in [5.41, 5.74) is 4.96. The van der Waals surface area contributed by atoms with E-state index in [0.29, 0.717) is 5.11 Å². The van der Waals surface area contributed by atoms with E-state index in [1.54, 1.807) is 7.11 Å². The van der Waals surface area contributed by atoms with E-state index in [4.69, 9.17) is 28.6 Å². The Bertz CT molecular complexity index is 1310. The van der Waals surface area contributed by atoms with E-state index in [1.165, 1.54) is 0 Å². The molecule has 0 saturated carbocycles. The van der Waals surface area contributed by atoms with Crippen molar-refractivity contribution in [1.82, 2.24) is 14.9 Å². The van der Waals surface area contributed by atoms with Gasteiger partial charge in [-0.3, -0.25) is 4.98 Å². The molecule has 0 amide bonds. The van der Waals surface area contributed by atoms with Crippen LogP contribution in [0.5, 0.6) is 5.75 Å². The quantitative estimate of drug-likeness (QED) is 0.358. The van der Waals surface area contributed by atoms with Gasteiger partial charge in [-0.05, 0) is 79.3 Å². The molecule has 1 saturated heterocycles. The molecule has 166 valence electrons. The van der Waals surface area contributed by atoms with E-state index >= 15 is 0 Å². The number of pyridine rings is 1. The predicted molar refractivity (Wildman–Crippen MR) is 136 cm³/mol. The summed E-state index contributed by atoms with van der Waals surface area (Å²) in [5.74, 6) is 0.758. The molecule has 2 aromatic heterocycles. The Hall–Kier alpha value is -3.35. The van der Waals surface area contributed by atoms with Gasteiger partial charge in [0.2, 0.25) is 0 Å². The smallest absolute Gasteiger partial charge is 0.174 e. The van der Waals surface area contributed by atoms with E-state index < -0.39 is 0 Å². The molecule has 7 heteroatoms. The van der Waals surface area contributed by atoms with E-state index in [-0.39, 0.29) is 12.1 Å². The number of aryl methyl sites for hydroxylation is 1. The summed E-state index contributed by atoms with van der Waals surface area (Å²) >= 11 is 12.2. The van der Waals surface area contributed by atoms with Crippen LogP contribution in [0, 0.1) is 6.92 Å². The standard InChI is InChI=1S/C26H23ClN4OS/c1-17-16-18(12-13-19(17)27)30-15-7-10-22(30)25-24(20-8-5-6-14-28-20)29-26(33)31(25)21-9-3-4-11-23(21)32-2/h3-16,24-25H,1-2H3,(H,29,33)/t24-,25-/m0/s1. The molecule has 3 heterocycles. The van der Waals surface area contributed by atoms with Gasteiger partial charge in [-0.15, -0.1) is 0 Å². The van der Waals surface area contributed by atoms with Crippen molar-refractivity contribution in [2.75, 3.05) is 12.0 Å². The highest BCUT2D eigenvalue weighted by molar-refractivity contribution is 7.80. The largest absolute Gasteiger partial charge is 0.495 e. The van der Waals surface area contributed by atoms with Gasteiger partial charge in [0.1, 0.15) is 11.8 Å². The van der Waals surface area contributed by atoms with Crippen molar-refractivity contribution in [3.63, 3.8) is 0 Å². The molecule has 4 aromatic rings. The van der Waals surface area contributed by atoms with Crippen LogP contribution in [0.25, 0.3) is 5.69 Å². The van der Waals surface area contributed by atoms with Gasteiger partial charge < -0.3 is 19.5 Å². The molecule has 1 aliphatic heterocycles. The van der Waals surface area contributed by atoms with Crippen molar-refractivity contribution in [3.05, 3.63) is 107 Å². The number of nitrogens with zero attached hydrogens (tertiary/aromatic N) is 3. The summed E-state index contributed by atoms with van der Waals surface area (Å²) in [4.78, 5) is 6.77. The number of hydrogen-bond acceptors (Lipinski definition) is 3. The number of halogens is 1. The second-order valence-corrected chi connectivity index (χ2v) is 8.70. The summed E-state index contributed by atoms with van der Waals surface area (Å²) in [6, 6.07) is 23.8. The third-order valence-electron chi connectivity index (χ3n) is 5.95. The molecular formula is C26H23ClN4OS. The maximum absolute atomic E-state index is 6.30. The fourth-order valence-electron chi connectivity index (χ4n) is 4.39. The monoisotopic (exact) mass is 474 g/mol. The number of para-hydroxylation sites is 2. The van der Waals surface area contributed by atoms with Crippen molar-refractivity contribution < 1.29 is 4.74 Å². The van der Waals surface area contributed by atoms with Crippen molar-refractivity contribution in [1.29, 1.82) is 0 Å². The zero-order valence-corrected chi connectivity index (χ0v) is 19.8. The SMILES string of the molecule is COc1ccccc1N1C(=S)N[C@@H](c2ccccn2)[C@@H]1c1cccn1-c1ccc(Cl)c(C)c1. The maximum atomic E-state index is 6.30. The maximum Gasteiger partial charge on any atom is 0.174 e. The second kappa shape index (κ2) is 8.89. The lowest BCUT2D eigenvalue weighted by Crippen LogP contribution is -2.30. The molecule has 0 aliphatic carbocycles. The molecule has 1 N–H and O–H groups in total. The van der Waals surface area contributed by atoms with Crippen molar-refractivity contribution >= 4 is 34.6 Å². The molecule has 33 heavy (non-hydrogen) atoms. The van der Waals surface area contributed by atoms with Gasteiger partial charge in [-0.1, -0.05) is 29.8 Å².